The Hall–Kier alpha value is -2.24. The lowest BCUT2D eigenvalue weighted by molar-refractivity contribution is -0.168. The molecule has 0 amide bonds. The number of methoxy groups -OCH3 is 1. The summed E-state index contributed by atoms with van der Waals surface area (Å²) in [5, 5.41) is 33.1. The molecule has 0 unspecified atom stereocenters. The van der Waals surface area contributed by atoms with Gasteiger partial charge in [-0.05, 0) is 32.8 Å². The minimum atomic E-state index is -1.87. The molecule has 0 bridgehead atoms. The smallest absolute Gasteiger partial charge is 0.337 e. The van der Waals surface area contributed by atoms with Gasteiger partial charge in [-0.3, -0.25) is 14.4 Å². The maximum Gasteiger partial charge on any atom is 0.337 e. The number of epoxide rings is 1. The average Bonchev–Trinajstić information content (AvgIpc) is 3.66. The van der Waals surface area contributed by atoms with Gasteiger partial charge in [0, 0.05) is 43.1 Å². The fraction of sp³-hybridized carbons (Fsp3) is 0.750. The van der Waals surface area contributed by atoms with E-state index in [0.29, 0.717) is 5.57 Å². The molecular formula is C32H50O10. The largest absolute Gasteiger partial charge is 0.463 e. The highest BCUT2D eigenvalue weighted by Gasteiger charge is 2.62. The number of allylic oxidation sites excluding steroid dienone is 2. The van der Waals surface area contributed by atoms with Gasteiger partial charge in [0.1, 0.15) is 35.7 Å². The summed E-state index contributed by atoms with van der Waals surface area (Å²) in [5.41, 5.74) is -0.633. The quantitative estimate of drug-likeness (QED) is 0.245. The summed E-state index contributed by atoms with van der Waals surface area (Å²) in [5.74, 6) is -6.48. The number of aliphatic hydroxyl groups is 3. The van der Waals surface area contributed by atoms with Gasteiger partial charge in [-0.25, -0.2) is 4.79 Å². The van der Waals surface area contributed by atoms with Gasteiger partial charge in [-0.2, -0.15) is 0 Å². The number of ether oxygens (including phenoxy) is 3. The maximum absolute atomic E-state index is 13.7. The van der Waals surface area contributed by atoms with Crippen molar-refractivity contribution in [3.8, 4) is 0 Å². The standard InChI is InChI=1S/C32H50O10/c1-10-11-17(3)30-32(8,42-30)29(38)22-15-41-31(39)27(37)28(40-9)21(7)26(36)20(6)24(34)19(5)14-18(4)23(33)13-12-16(2)25(22)35/h10-11,14,16-18,20-22,24,27-30,34,37-38H,12-13,15H2,1-9H3/b11-10-,19-14+/t16-,17+,18+,20-,21-,22+,24+,27-,28+,29+,30-,32-/m1/s1. The van der Waals surface area contributed by atoms with E-state index in [2.05, 4.69) is 0 Å². The predicted molar refractivity (Wildman–Crippen MR) is 155 cm³/mol. The number of aliphatic hydroxyl groups excluding tert-OH is 3. The van der Waals surface area contributed by atoms with Gasteiger partial charge in [0.25, 0.3) is 0 Å². The van der Waals surface area contributed by atoms with Crippen LogP contribution in [0.15, 0.2) is 23.8 Å². The molecule has 12 atom stereocenters. The number of cyclic esters (lactones) is 1. The van der Waals surface area contributed by atoms with Crippen LogP contribution in [0.25, 0.3) is 0 Å². The third kappa shape index (κ3) is 8.02. The number of hydrogen-bond acceptors (Lipinski definition) is 10. The van der Waals surface area contributed by atoms with Crippen molar-refractivity contribution in [1.29, 1.82) is 0 Å². The molecule has 238 valence electrons. The minimum absolute atomic E-state index is 0.0382. The van der Waals surface area contributed by atoms with Crippen molar-refractivity contribution >= 4 is 23.3 Å². The number of rotatable bonds is 5. The van der Waals surface area contributed by atoms with Crippen molar-refractivity contribution in [3.05, 3.63) is 23.8 Å². The molecule has 0 radical (unpaired) electrons. The zero-order valence-corrected chi connectivity index (χ0v) is 26.4. The monoisotopic (exact) mass is 594 g/mol. The number of carbonyl (C=O) groups excluding carboxylic acids is 4. The van der Waals surface area contributed by atoms with Crippen LogP contribution in [0.4, 0.5) is 0 Å². The van der Waals surface area contributed by atoms with Crippen molar-refractivity contribution in [2.45, 2.75) is 104 Å². The maximum atomic E-state index is 13.7. The van der Waals surface area contributed by atoms with Crippen molar-refractivity contribution in [2.75, 3.05) is 13.7 Å². The van der Waals surface area contributed by atoms with Crippen LogP contribution in [0.2, 0.25) is 0 Å². The molecule has 2 rings (SSSR count). The summed E-state index contributed by atoms with van der Waals surface area (Å²) in [6.45, 7) is 13.0. The summed E-state index contributed by atoms with van der Waals surface area (Å²) in [6, 6.07) is 0. The molecule has 1 saturated heterocycles. The second-order valence-corrected chi connectivity index (χ2v) is 12.4. The number of carbonyl (C=O) groups is 4. The van der Waals surface area contributed by atoms with E-state index in [1.165, 1.54) is 21.0 Å². The molecule has 0 spiro atoms. The molecule has 0 saturated carbocycles. The molecule has 10 heteroatoms. The Morgan fingerprint density at radius 2 is 1.67 bits per heavy atom. The van der Waals surface area contributed by atoms with Crippen LogP contribution in [0, 0.1) is 35.5 Å². The van der Waals surface area contributed by atoms with E-state index in [9.17, 15) is 34.5 Å². The third-order valence-corrected chi connectivity index (χ3v) is 9.09. The van der Waals surface area contributed by atoms with Crippen LogP contribution in [-0.2, 0) is 33.4 Å². The first kappa shape index (κ1) is 36.0. The first-order chi connectivity index (χ1) is 19.5. The van der Waals surface area contributed by atoms with Crippen LogP contribution in [0.3, 0.4) is 0 Å². The highest BCUT2D eigenvalue weighted by molar-refractivity contribution is 5.88. The van der Waals surface area contributed by atoms with Crippen molar-refractivity contribution < 1.29 is 48.7 Å². The van der Waals surface area contributed by atoms with E-state index in [1.54, 1.807) is 33.8 Å². The van der Waals surface area contributed by atoms with E-state index >= 15 is 0 Å². The van der Waals surface area contributed by atoms with Gasteiger partial charge in [-0.15, -0.1) is 0 Å². The van der Waals surface area contributed by atoms with Gasteiger partial charge in [-0.1, -0.05) is 52.8 Å². The zero-order chi connectivity index (χ0) is 32.1. The van der Waals surface area contributed by atoms with Gasteiger partial charge < -0.3 is 29.5 Å². The van der Waals surface area contributed by atoms with Crippen molar-refractivity contribution in [2.24, 2.45) is 35.5 Å². The molecule has 2 heterocycles. The number of hydrogen-bond donors (Lipinski definition) is 3. The van der Waals surface area contributed by atoms with Gasteiger partial charge >= 0.3 is 5.97 Å². The first-order valence-corrected chi connectivity index (χ1v) is 14.9. The highest BCUT2D eigenvalue weighted by atomic mass is 16.6. The summed E-state index contributed by atoms with van der Waals surface area (Å²) in [4.78, 5) is 52.8. The fourth-order valence-corrected chi connectivity index (χ4v) is 6.04. The van der Waals surface area contributed by atoms with E-state index in [1.807, 2.05) is 26.0 Å². The Kier molecular flexibility index (Phi) is 12.8. The third-order valence-electron chi connectivity index (χ3n) is 9.09. The highest BCUT2D eigenvalue weighted by Crippen LogP contribution is 2.47. The summed E-state index contributed by atoms with van der Waals surface area (Å²) < 4.78 is 16.6. The Labute approximate surface area is 249 Å². The lowest BCUT2D eigenvalue weighted by atomic mass is 9.79. The molecule has 2 aliphatic rings. The average molecular weight is 595 g/mol. The van der Waals surface area contributed by atoms with Crippen molar-refractivity contribution in [1.82, 2.24) is 0 Å². The summed E-state index contributed by atoms with van der Waals surface area (Å²) in [6.07, 6.45) is -0.351. The lowest BCUT2D eigenvalue weighted by Crippen LogP contribution is -2.48. The molecule has 3 N–H and O–H groups in total. The predicted octanol–water partition coefficient (Wildman–Crippen LogP) is 2.60. The molecule has 0 aromatic carbocycles. The normalized spacial score (nSPS) is 41.0. The lowest BCUT2D eigenvalue weighted by Gasteiger charge is -2.30. The molecular weight excluding hydrogens is 544 g/mol. The molecule has 42 heavy (non-hydrogen) atoms. The van der Waals surface area contributed by atoms with Crippen LogP contribution >= 0.6 is 0 Å². The Morgan fingerprint density at radius 3 is 2.24 bits per heavy atom. The number of Topliss-reactive ketones (excluding diaryl/α,β-unsaturated/α-hetero) is 3. The Balaban J connectivity index is 2.45. The van der Waals surface area contributed by atoms with Crippen LogP contribution in [0.5, 0.6) is 0 Å². The van der Waals surface area contributed by atoms with Gasteiger partial charge in [0.05, 0.1) is 24.2 Å². The van der Waals surface area contributed by atoms with E-state index < -0.39 is 83.7 Å². The fourth-order valence-electron chi connectivity index (χ4n) is 6.04. The number of ketones is 3. The zero-order valence-electron chi connectivity index (χ0n) is 26.4. The molecule has 0 aromatic rings. The summed E-state index contributed by atoms with van der Waals surface area (Å²) >= 11 is 0. The second-order valence-electron chi connectivity index (χ2n) is 12.4. The Bertz CT molecular complexity index is 1050. The Morgan fingerprint density at radius 1 is 1.05 bits per heavy atom. The van der Waals surface area contributed by atoms with Gasteiger partial charge in [0.2, 0.25) is 0 Å². The second kappa shape index (κ2) is 15.0. The van der Waals surface area contributed by atoms with Crippen molar-refractivity contribution in [3.63, 3.8) is 0 Å². The molecule has 0 aromatic heterocycles. The topological polar surface area (TPSA) is 160 Å². The molecule has 0 aliphatic carbocycles. The van der Waals surface area contributed by atoms with E-state index in [0.717, 1.165) is 0 Å². The molecule has 2 aliphatic heterocycles. The van der Waals surface area contributed by atoms with Crippen LogP contribution < -0.4 is 0 Å². The van der Waals surface area contributed by atoms with Crippen LogP contribution in [-0.4, -0.2) is 88.5 Å². The minimum Gasteiger partial charge on any atom is -0.463 e. The first-order valence-electron chi connectivity index (χ1n) is 14.9. The van der Waals surface area contributed by atoms with E-state index in [-0.39, 0.29) is 30.6 Å². The molecule has 1 fully saturated rings. The number of esters is 1. The van der Waals surface area contributed by atoms with Gasteiger partial charge in [0.15, 0.2) is 6.10 Å². The summed E-state index contributed by atoms with van der Waals surface area (Å²) in [7, 11) is 1.24. The molecule has 10 nitrogen and oxygen atoms in total. The van der Waals surface area contributed by atoms with Crippen LogP contribution in [0.1, 0.15) is 68.2 Å². The SMILES string of the molecule is C/C=C\[C@H](C)[C@H]1O[C@]1(C)[C@@H](O)[C@H]1COC(=O)[C@H](O)[C@@H](OC)[C@H](C)C(=O)[C@H](C)[C@@H](O)/C(C)=C/[C@H](C)C(=O)CC[C@@H](C)C1=O. The van der Waals surface area contributed by atoms with E-state index in [4.69, 9.17) is 14.2 Å².